The number of rotatable bonds is 10. The fourth-order valence-corrected chi connectivity index (χ4v) is 4.08. The molecule has 1 amide bonds. The number of fused-ring (bicyclic) bond motifs is 1. The summed E-state index contributed by atoms with van der Waals surface area (Å²) in [6.07, 6.45) is -3.21. The molecule has 39 heavy (non-hydrogen) atoms. The zero-order valence-electron chi connectivity index (χ0n) is 20.5. The standard InChI is InChI=1S/C28H23ClF3N3O4/c29-20-11-8-18(9-12-20)26-23(6-1-2-7-25(36)37)34-24-15-19(10-13-22(24)35-26)27(38)33-16-17-4-3-5-21(14-17)39-28(30,31)32/h3-5,8-15H,1-2,6-7,16H2,(H,33,38)(H,36,37). The average molecular weight is 558 g/mol. The van der Waals surface area contributed by atoms with Crippen LogP contribution in [0.4, 0.5) is 13.2 Å². The minimum absolute atomic E-state index is 0.0120. The molecule has 1 aromatic heterocycles. The van der Waals surface area contributed by atoms with Gasteiger partial charge in [-0.1, -0.05) is 35.9 Å². The Morgan fingerprint density at radius 1 is 0.949 bits per heavy atom. The third-order valence-electron chi connectivity index (χ3n) is 5.76. The molecule has 0 spiro atoms. The zero-order valence-corrected chi connectivity index (χ0v) is 21.2. The summed E-state index contributed by atoms with van der Waals surface area (Å²) < 4.78 is 41.4. The number of amides is 1. The highest BCUT2D eigenvalue weighted by molar-refractivity contribution is 6.30. The number of hydrogen-bond donors (Lipinski definition) is 2. The molecule has 0 aliphatic carbocycles. The maximum Gasteiger partial charge on any atom is 0.573 e. The number of carboxylic acids is 1. The van der Waals surface area contributed by atoms with Crippen LogP contribution in [0.15, 0.2) is 66.7 Å². The lowest BCUT2D eigenvalue weighted by Gasteiger charge is -2.12. The highest BCUT2D eigenvalue weighted by atomic mass is 35.5. The van der Waals surface area contributed by atoms with E-state index in [0.29, 0.717) is 57.8 Å². The van der Waals surface area contributed by atoms with Crippen molar-refractivity contribution in [3.63, 3.8) is 0 Å². The zero-order chi connectivity index (χ0) is 28.0. The topological polar surface area (TPSA) is 101 Å². The summed E-state index contributed by atoms with van der Waals surface area (Å²) in [5, 5.41) is 12.2. The lowest BCUT2D eigenvalue weighted by atomic mass is 10.0. The third kappa shape index (κ3) is 7.90. The quantitative estimate of drug-likeness (QED) is 0.214. The number of benzene rings is 3. The second-order valence-corrected chi connectivity index (χ2v) is 9.14. The van der Waals surface area contributed by atoms with Crippen molar-refractivity contribution in [2.24, 2.45) is 0 Å². The lowest BCUT2D eigenvalue weighted by Crippen LogP contribution is -2.23. The number of ether oxygens (including phenoxy) is 1. The maximum absolute atomic E-state index is 12.8. The van der Waals surface area contributed by atoms with Crippen molar-refractivity contribution < 1.29 is 32.6 Å². The number of nitrogens with one attached hydrogen (secondary N) is 1. The van der Waals surface area contributed by atoms with Gasteiger partial charge >= 0.3 is 12.3 Å². The smallest absolute Gasteiger partial charge is 0.481 e. The van der Waals surface area contributed by atoms with Crippen LogP contribution in [-0.4, -0.2) is 33.3 Å². The van der Waals surface area contributed by atoms with E-state index in [4.69, 9.17) is 26.7 Å². The summed E-state index contributed by atoms with van der Waals surface area (Å²) in [5.74, 6) is -1.68. The fourth-order valence-electron chi connectivity index (χ4n) is 3.95. The summed E-state index contributed by atoms with van der Waals surface area (Å²) >= 11 is 6.03. The molecule has 1 heterocycles. The molecular weight excluding hydrogens is 535 g/mol. The van der Waals surface area contributed by atoms with Crippen LogP contribution in [0.1, 0.15) is 40.9 Å². The van der Waals surface area contributed by atoms with Crippen molar-refractivity contribution in [3.8, 4) is 17.0 Å². The van der Waals surface area contributed by atoms with Gasteiger partial charge in [-0.2, -0.15) is 0 Å². The van der Waals surface area contributed by atoms with Gasteiger partial charge in [-0.25, -0.2) is 9.97 Å². The molecule has 0 radical (unpaired) electrons. The molecule has 0 saturated heterocycles. The van der Waals surface area contributed by atoms with Crippen LogP contribution in [0.3, 0.4) is 0 Å². The molecule has 0 saturated carbocycles. The molecule has 0 unspecified atom stereocenters. The van der Waals surface area contributed by atoms with E-state index in [2.05, 4.69) is 10.1 Å². The molecule has 4 aromatic rings. The Kier molecular flexibility index (Phi) is 8.65. The molecule has 4 rings (SSSR count). The first-order valence-electron chi connectivity index (χ1n) is 12.0. The number of halogens is 4. The monoisotopic (exact) mass is 557 g/mol. The van der Waals surface area contributed by atoms with Gasteiger partial charge in [0.05, 0.1) is 22.4 Å². The molecule has 0 bridgehead atoms. The second-order valence-electron chi connectivity index (χ2n) is 8.71. The Morgan fingerprint density at radius 3 is 2.44 bits per heavy atom. The molecular formula is C28H23ClF3N3O4. The summed E-state index contributed by atoms with van der Waals surface area (Å²) in [5.41, 5.74) is 3.89. The summed E-state index contributed by atoms with van der Waals surface area (Å²) in [4.78, 5) is 33.2. The van der Waals surface area contributed by atoms with Crippen molar-refractivity contribution in [3.05, 3.63) is 88.6 Å². The third-order valence-corrected chi connectivity index (χ3v) is 6.01. The van der Waals surface area contributed by atoms with E-state index < -0.39 is 18.2 Å². The molecule has 0 fully saturated rings. The Morgan fingerprint density at radius 2 is 1.72 bits per heavy atom. The van der Waals surface area contributed by atoms with E-state index in [1.54, 1.807) is 36.4 Å². The minimum Gasteiger partial charge on any atom is -0.481 e. The Labute approximate surface area is 226 Å². The number of aryl methyl sites for hydroxylation is 1. The van der Waals surface area contributed by atoms with Gasteiger partial charge in [-0.05, 0) is 67.3 Å². The Hall–Kier alpha value is -4.18. The largest absolute Gasteiger partial charge is 0.573 e. The van der Waals surface area contributed by atoms with Crippen molar-refractivity contribution >= 4 is 34.5 Å². The molecule has 0 atom stereocenters. The SMILES string of the molecule is O=C(O)CCCCc1nc2cc(C(=O)NCc3cccc(OC(F)(F)F)c3)ccc2nc1-c1ccc(Cl)cc1. The number of carbonyl (C=O) groups excluding carboxylic acids is 1. The van der Waals surface area contributed by atoms with Crippen LogP contribution in [0.25, 0.3) is 22.3 Å². The second kappa shape index (κ2) is 12.1. The van der Waals surface area contributed by atoms with E-state index in [1.807, 2.05) is 12.1 Å². The van der Waals surface area contributed by atoms with Gasteiger partial charge < -0.3 is 15.2 Å². The van der Waals surface area contributed by atoms with Gasteiger partial charge in [0.25, 0.3) is 5.91 Å². The number of aliphatic carboxylic acids is 1. The summed E-state index contributed by atoms with van der Waals surface area (Å²) in [7, 11) is 0. The normalized spacial score (nSPS) is 11.4. The van der Waals surface area contributed by atoms with Gasteiger partial charge in [0, 0.05) is 29.1 Å². The van der Waals surface area contributed by atoms with Crippen LogP contribution < -0.4 is 10.1 Å². The molecule has 0 aliphatic heterocycles. The average Bonchev–Trinajstić information content (AvgIpc) is 2.88. The van der Waals surface area contributed by atoms with Crippen LogP contribution >= 0.6 is 11.6 Å². The first kappa shape index (κ1) is 27.8. The van der Waals surface area contributed by atoms with Crippen LogP contribution in [-0.2, 0) is 17.8 Å². The number of carbonyl (C=O) groups is 2. The van der Waals surface area contributed by atoms with Gasteiger partial charge in [-0.15, -0.1) is 13.2 Å². The molecule has 0 aliphatic rings. The van der Waals surface area contributed by atoms with E-state index in [0.717, 1.165) is 5.56 Å². The lowest BCUT2D eigenvalue weighted by molar-refractivity contribution is -0.274. The Balaban J connectivity index is 1.55. The summed E-state index contributed by atoms with van der Waals surface area (Å²) in [6.45, 7) is -0.0120. The highest BCUT2D eigenvalue weighted by Gasteiger charge is 2.31. The van der Waals surface area contributed by atoms with Crippen molar-refractivity contribution in [1.82, 2.24) is 15.3 Å². The van der Waals surface area contributed by atoms with Crippen molar-refractivity contribution in [2.45, 2.75) is 38.6 Å². The van der Waals surface area contributed by atoms with Crippen LogP contribution in [0.5, 0.6) is 5.75 Å². The first-order valence-corrected chi connectivity index (χ1v) is 12.4. The maximum atomic E-state index is 12.8. The summed E-state index contributed by atoms with van der Waals surface area (Å²) in [6, 6.07) is 17.4. The predicted octanol–water partition coefficient (Wildman–Crippen LogP) is 6.58. The predicted molar refractivity (Wildman–Crippen MR) is 139 cm³/mol. The van der Waals surface area contributed by atoms with Gasteiger partial charge in [0.15, 0.2) is 0 Å². The first-order chi connectivity index (χ1) is 18.6. The van der Waals surface area contributed by atoms with Crippen molar-refractivity contribution in [2.75, 3.05) is 0 Å². The van der Waals surface area contributed by atoms with E-state index in [-0.39, 0.29) is 18.7 Å². The van der Waals surface area contributed by atoms with Gasteiger partial charge in [0.1, 0.15) is 5.75 Å². The van der Waals surface area contributed by atoms with E-state index >= 15 is 0 Å². The fraction of sp³-hybridized carbons (Fsp3) is 0.214. The molecule has 2 N–H and O–H groups in total. The highest BCUT2D eigenvalue weighted by Crippen LogP contribution is 2.27. The van der Waals surface area contributed by atoms with Crippen LogP contribution in [0, 0.1) is 0 Å². The number of hydrogen-bond acceptors (Lipinski definition) is 5. The molecule has 202 valence electrons. The van der Waals surface area contributed by atoms with Gasteiger partial charge in [-0.3, -0.25) is 9.59 Å². The van der Waals surface area contributed by atoms with Gasteiger partial charge in [0.2, 0.25) is 0 Å². The number of nitrogens with zero attached hydrogens (tertiary/aromatic N) is 2. The minimum atomic E-state index is -4.81. The molecule has 7 nitrogen and oxygen atoms in total. The number of carboxylic acid groups (broad SMARTS) is 1. The van der Waals surface area contributed by atoms with E-state index in [9.17, 15) is 22.8 Å². The van der Waals surface area contributed by atoms with E-state index in [1.165, 1.54) is 18.2 Å². The number of aromatic nitrogens is 2. The van der Waals surface area contributed by atoms with Crippen molar-refractivity contribution in [1.29, 1.82) is 0 Å². The number of alkyl halides is 3. The Bertz CT molecular complexity index is 1490. The number of unbranched alkanes of at least 4 members (excludes halogenated alkanes) is 1. The van der Waals surface area contributed by atoms with Crippen LogP contribution in [0.2, 0.25) is 5.02 Å². The molecule has 11 heteroatoms. The molecule has 3 aromatic carbocycles.